The molecule has 0 radical (unpaired) electrons. The van der Waals surface area contributed by atoms with Crippen LogP contribution in [-0.2, 0) is 4.74 Å². The van der Waals surface area contributed by atoms with Gasteiger partial charge in [0.2, 0.25) is 0 Å². The molecule has 2 aromatic carbocycles. The van der Waals surface area contributed by atoms with Crippen LogP contribution in [0.2, 0.25) is 0 Å². The van der Waals surface area contributed by atoms with E-state index in [2.05, 4.69) is 12.6 Å². The van der Waals surface area contributed by atoms with Gasteiger partial charge in [-0.3, -0.25) is 0 Å². The second-order valence-corrected chi connectivity index (χ2v) is 5.19. The molecule has 0 N–H and O–H groups in total. The number of carbonyl (C=O) groups excluding carboxylic acids is 1. The Morgan fingerprint density at radius 2 is 1.84 bits per heavy atom. The van der Waals surface area contributed by atoms with E-state index in [1.807, 2.05) is 30.3 Å². The second-order valence-electron chi connectivity index (χ2n) is 3.59. The maximum Gasteiger partial charge on any atom is 1.00 e. The molecule has 0 bridgehead atoms. The Bertz CT molecular complexity index is 559. The molecule has 0 amide bonds. The maximum absolute atomic E-state index is 11.5. The van der Waals surface area contributed by atoms with Crippen molar-refractivity contribution in [1.29, 1.82) is 0 Å². The zero-order valence-electron chi connectivity index (χ0n) is 10.8. The number of ether oxygens (including phenoxy) is 1. The molecule has 0 unspecified atom stereocenters. The van der Waals surface area contributed by atoms with Crippen molar-refractivity contribution in [3.63, 3.8) is 0 Å². The van der Waals surface area contributed by atoms with Crippen molar-refractivity contribution in [2.45, 2.75) is 14.7 Å². The predicted octanol–water partition coefficient (Wildman–Crippen LogP) is 0.917. The van der Waals surface area contributed by atoms with Crippen LogP contribution in [-0.4, -0.2) is 13.1 Å². The minimum atomic E-state index is -0.335. The van der Waals surface area contributed by atoms with Gasteiger partial charge in [0, 0.05) is 14.7 Å². The number of methoxy groups -OCH3 is 1. The third-order valence-corrected chi connectivity index (χ3v) is 3.96. The minimum absolute atomic E-state index is 0. The Morgan fingerprint density at radius 3 is 2.47 bits per heavy atom. The van der Waals surface area contributed by atoms with E-state index in [0.29, 0.717) is 5.56 Å². The zero-order chi connectivity index (χ0) is 13.0. The number of thiol groups is 1. The molecule has 0 saturated carbocycles. The van der Waals surface area contributed by atoms with Crippen LogP contribution >= 0.6 is 24.4 Å². The minimum Gasteiger partial charge on any atom is -0.465 e. The molecule has 2 rings (SSSR count). The molecule has 0 aliphatic carbocycles. The topological polar surface area (TPSA) is 26.3 Å². The number of benzene rings is 2. The summed E-state index contributed by atoms with van der Waals surface area (Å²) in [7, 11) is 1.38. The monoisotopic (exact) mass is 299 g/mol. The number of carbonyl (C=O) groups is 1. The van der Waals surface area contributed by atoms with E-state index in [0.717, 1.165) is 14.7 Å². The Hall–Kier alpha value is -0.390. The van der Waals surface area contributed by atoms with Crippen molar-refractivity contribution >= 4 is 30.4 Å². The summed E-state index contributed by atoms with van der Waals surface area (Å²) in [6, 6.07) is 15.3. The first-order chi connectivity index (χ1) is 8.70. The molecular formula is C14H12NaO2S2+. The fourth-order valence-electron chi connectivity index (χ4n) is 1.46. The first-order valence-electron chi connectivity index (χ1n) is 5.35. The van der Waals surface area contributed by atoms with Crippen LogP contribution in [0, 0.1) is 0 Å². The van der Waals surface area contributed by atoms with Crippen molar-refractivity contribution in [3.05, 3.63) is 54.1 Å². The summed E-state index contributed by atoms with van der Waals surface area (Å²) in [5.41, 5.74) is 0.536. The standard InChI is InChI=1S/C14H12O2S2.Na/c1-16-14(15)10-7-8-12(17)13(9-10)18-11-5-3-2-4-6-11;/h2-9,17H,1H3;/q;+1. The number of rotatable bonds is 3. The van der Waals surface area contributed by atoms with Crippen molar-refractivity contribution in [2.75, 3.05) is 7.11 Å². The van der Waals surface area contributed by atoms with Crippen molar-refractivity contribution < 1.29 is 39.1 Å². The summed E-state index contributed by atoms with van der Waals surface area (Å²) in [5.74, 6) is -0.335. The van der Waals surface area contributed by atoms with Crippen LogP contribution in [0.5, 0.6) is 0 Å². The van der Waals surface area contributed by atoms with Gasteiger partial charge < -0.3 is 4.74 Å². The molecule has 0 aliphatic heterocycles. The van der Waals surface area contributed by atoms with Crippen LogP contribution in [0.4, 0.5) is 0 Å². The second kappa shape index (κ2) is 8.02. The van der Waals surface area contributed by atoms with Gasteiger partial charge in [-0.15, -0.1) is 12.6 Å². The van der Waals surface area contributed by atoms with Crippen LogP contribution in [0.15, 0.2) is 63.2 Å². The summed E-state index contributed by atoms with van der Waals surface area (Å²) in [6.45, 7) is 0. The van der Waals surface area contributed by atoms with Gasteiger partial charge in [-0.05, 0) is 30.3 Å². The van der Waals surface area contributed by atoms with Crippen LogP contribution in [0.25, 0.3) is 0 Å². The van der Waals surface area contributed by atoms with Gasteiger partial charge in [0.1, 0.15) is 0 Å². The average Bonchev–Trinajstić information content (AvgIpc) is 2.41. The van der Waals surface area contributed by atoms with E-state index in [4.69, 9.17) is 4.74 Å². The van der Waals surface area contributed by atoms with Crippen LogP contribution in [0.3, 0.4) is 0 Å². The number of hydrogen-bond acceptors (Lipinski definition) is 4. The molecule has 5 heteroatoms. The fourth-order valence-corrected chi connectivity index (χ4v) is 2.64. The molecule has 0 saturated heterocycles. The van der Waals surface area contributed by atoms with E-state index in [9.17, 15) is 4.79 Å². The van der Waals surface area contributed by atoms with Crippen molar-refractivity contribution in [3.8, 4) is 0 Å². The van der Waals surface area contributed by atoms with Crippen LogP contribution in [0.1, 0.15) is 10.4 Å². The molecule has 2 nitrogen and oxygen atoms in total. The van der Waals surface area contributed by atoms with E-state index >= 15 is 0 Å². The Balaban J connectivity index is 0.00000180. The normalized spacial score (nSPS) is 9.58. The van der Waals surface area contributed by atoms with E-state index in [1.54, 1.807) is 30.0 Å². The third kappa shape index (κ3) is 4.58. The third-order valence-electron chi connectivity index (χ3n) is 2.35. The average molecular weight is 299 g/mol. The van der Waals surface area contributed by atoms with Gasteiger partial charge in [-0.1, -0.05) is 30.0 Å². The zero-order valence-corrected chi connectivity index (χ0v) is 14.5. The Morgan fingerprint density at radius 1 is 1.16 bits per heavy atom. The number of hydrogen-bond donors (Lipinski definition) is 1. The molecule has 19 heavy (non-hydrogen) atoms. The van der Waals surface area contributed by atoms with Gasteiger partial charge in [0.25, 0.3) is 0 Å². The van der Waals surface area contributed by atoms with E-state index < -0.39 is 0 Å². The first-order valence-corrected chi connectivity index (χ1v) is 6.61. The number of esters is 1. The van der Waals surface area contributed by atoms with E-state index in [1.165, 1.54) is 7.11 Å². The molecule has 0 aliphatic rings. The van der Waals surface area contributed by atoms with Crippen molar-refractivity contribution in [2.24, 2.45) is 0 Å². The SMILES string of the molecule is COC(=O)c1ccc(S)c(Sc2ccccc2)c1.[Na+]. The fraction of sp³-hybridized carbons (Fsp3) is 0.0714. The largest absolute Gasteiger partial charge is 1.00 e. The molecule has 92 valence electrons. The van der Waals surface area contributed by atoms with Gasteiger partial charge in [0.15, 0.2) is 0 Å². The van der Waals surface area contributed by atoms with Gasteiger partial charge >= 0.3 is 35.5 Å². The molecule has 0 fully saturated rings. The molecular weight excluding hydrogens is 287 g/mol. The first kappa shape index (κ1) is 16.7. The molecule has 0 heterocycles. The van der Waals surface area contributed by atoms with Gasteiger partial charge in [-0.25, -0.2) is 4.79 Å². The summed E-state index contributed by atoms with van der Waals surface area (Å²) in [6.07, 6.45) is 0. The molecule has 0 spiro atoms. The summed E-state index contributed by atoms with van der Waals surface area (Å²) < 4.78 is 4.71. The Kier molecular flexibility index (Phi) is 7.04. The Labute approximate surface area is 144 Å². The van der Waals surface area contributed by atoms with Gasteiger partial charge in [0.05, 0.1) is 12.7 Å². The summed E-state index contributed by atoms with van der Waals surface area (Å²) >= 11 is 5.97. The van der Waals surface area contributed by atoms with Crippen molar-refractivity contribution in [1.82, 2.24) is 0 Å². The smallest absolute Gasteiger partial charge is 0.465 e. The molecule has 0 atom stereocenters. The quantitative estimate of drug-likeness (QED) is 0.518. The van der Waals surface area contributed by atoms with E-state index in [-0.39, 0.29) is 35.5 Å². The molecule has 0 aromatic heterocycles. The maximum atomic E-state index is 11.5. The van der Waals surface area contributed by atoms with Gasteiger partial charge in [-0.2, -0.15) is 0 Å². The summed E-state index contributed by atoms with van der Waals surface area (Å²) in [4.78, 5) is 14.4. The summed E-state index contributed by atoms with van der Waals surface area (Å²) in [5, 5.41) is 0. The molecule has 2 aromatic rings. The van der Waals surface area contributed by atoms with Crippen LogP contribution < -0.4 is 29.6 Å². The predicted molar refractivity (Wildman–Crippen MR) is 75.6 cm³/mol.